The lowest BCUT2D eigenvalue weighted by molar-refractivity contribution is 0.191. The smallest absolute Gasteiger partial charge is 0.324 e. The van der Waals surface area contributed by atoms with Gasteiger partial charge < -0.3 is 19.1 Å². The summed E-state index contributed by atoms with van der Waals surface area (Å²) in [5.41, 5.74) is 3.79. The highest BCUT2D eigenvalue weighted by molar-refractivity contribution is 5.93. The standard InChI is InChI=1S/C28H30N2O4/c1-4-21-11-12-23(26(17-21)33-3)19-29-15-8-16-30(28(29)31)24-13-14-25(32-2)27(18-24)34-20-22-9-6-5-7-10-22/h4-7,9-14,17-18H,1,8,15-16,19-20H2,2-3H3. The van der Waals surface area contributed by atoms with E-state index in [1.54, 1.807) is 25.2 Å². The van der Waals surface area contributed by atoms with Gasteiger partial charge in [0.25, 0.3) is 0 Å². The zero-order valence-electron chi connectivity index (χ0n) is 19.7. The highest BCUT2D eigenvalue weighted by atomic mass is 16.5. The molecule has 0 aliphatic carbocycles. The Labute approximate surface area is 201 Å². The minimum absolute atomic E-state index is 0.0414. The van der Waals surface area contributed by atoms with Crippen molar-refractivity contribution < 1.29 is 19.0 Å². The largest absolute Gasteiger partial charge is 0.496 e. The molecule has 1 saturated heterocycles. The maximum absolute atomic E-state index is 13.4. The van der Waals surface area contributed by atoms with Crippen molar-refractivity contribution in [2.75, 3.05) is 32.2 Å². The van der Waals surface area contributed by atoms with Gasteiger partial charge in [-0.3, -0.25) is 4.90 Å². The summed E-state index contributed by atoms with van der Waals surface area (Å²) >= 11 is 0. The van der Waals surface area contributed by atoms with Crippen molar-refractivity contribution in [3.63, 3.8) is 0 Å². The van der Waals surface area contributed by atoms with Gasteiger partial charge in [0.2, 0.25) is 0 Å². The maximum atomic E-state index is 13.4. The molecule has 0 N–H and O–H groups in total. The van der Waals surface area contributed by atoms with Gasteiger partial charge in [0.1, 0.15) is 12.4 Å². The van der Waals surface area contributed by atoms with Crippen LogP contribution in [0.5, 0.6) is 17.2 Å². The van der Waals surface area contributed by atoms with Crippen molar-refractivity contribution >= 4 is 17.8 Å². The third kappa shape index (κ3) is 5.17. The molecule has 2 amide bonds. The molecule has 3 aromatic carbocycles. The van der Waals surface area contributed by atoms with Crippen molar-refractivity contribution in [2.45, 2.75) is 19.6 Å². The first-order chi connectivity index (χ1) is 16.6. The van der Waals surface area contributed by atoms with Gasteiger partial charge in [-0.25, -0.2) is 4.79 Å². The number of nitrogens with zero attached hydrogens (tertiary/aromatic N) is 2. The fourth-order valence-corrected chi connectivity index (χ4v) is 4.07. The van der Waals surface area contributed by atoms with Crippen LogP contribution < -0.4 is 19.1 Å². The summed E-state index contributed by atoms with van der Waals surface area (Å²) < 4.78 is 17.1. The summed E-state index contributed by atoms with van der Waals surface area (Å²) in [5, 5.41) is 0. The van der Waals surface area contributed by atoms with E-state index in [2.05, 4.69) is 6.58 Å². The number of rotatable bonds is 9. The second-order valence-electron chi connectivity index (χ2n) is 8.09. The molecule has 34 heavy (non-hydrogen) atoms. The zero-order chi connectivity index (χ0) is 23.9. The van der Waals surface area contributed by atoms with Crippen LogP contribution in [0, 0.1) is 0 Å². The monoisotopic (exact) mass is 458 g/mol. The summed E-state index contributed by atoms with van der Waals surface area (Å²) in [6.07, 6.45) is 2.65. The summed E-state index contributed by atoms with van der Waals surface area (Å²) in [5.74, 6) is 1.99. The summed E-state index contributed by atoms with van der Waals surface area (Å²) in [4.78, 5) is 17.1. The van der Waals surface area contributed by atoms with Crippen LogP contribution in [-0.4, -0.2) is 38.2 Å². The molecule has 0 aromatic heterocycles. The number of benzene rings is 3. The first-order valence-corrected chi connectivity index (χ1v) is 11.3. The van der Waals surface area contributed by atoms with Crippen molar-refractivity contribution in [3.8, 4) is 17.2 Å². The van der Waals surface area contributed by atoms with E-state index in [0.717, 1.165) is 34.5 Å². The predicted molar refractivity (Wildman–Crippen MR) is 135 cm³/mol. The van der Waals surface area contributed by atoms with Crippen molar-refractivity contribution in [1.82, 2.24) is 4.90 Å². The number of ether oxygens (including phenoxy) is 3. The predicted octanol–water partition coefficient (Wildman–Crippen LogP) is 5.76. The van der Waals surface area contributed by atoms with Crippen LogP contribution in [0.1, 0.15) is 23.1 Å². The van der Waals surface area contributed by atoms with Gasteiger partial charge >= 0.3 is 6.03 Å². The Kier molecular flexibility index (Phi) is 7.38. The third-order valence-corrected chi connectivity index (χ3v) is 5.92. The van der Waals surface area contributed by atoms with E-state index in [1.807, 2.05) is 71.6 Å². The van der Waals surface area contributed by atoms with E-state index >= 15 is 0 Å². The lowest BCUT2D eigenvalue weighted by atomic mass is 10.1. The fourth-order valence-electron chi connectivity index (χ4n) is 4.07. The molecule has 4 rings (SSSR count). The third-order valence-electron chi connectivity index (χ3n) is 5.92. The zero-order valence-corrected chi connectivity index (χ0v) is 19.7. The molecule has 6 nitrogen and oxygen atoms in total. The summed E-state index contributed by atoms with van der Waals surface area (Å²) in [7, 11) is 3.26. The molecule has 0 radical (unpaired) electrons. The first kappa shape index (κ1) is 23.2. The van der Waals surface area contributed by atoms with E-state index in [4.69, 9.17) is 14.2 Å². The normalized spacial score (nSPS) is 13.5. The number of hydrogen-bond donors (Lipinski definition) is 0. The Balaban J connectivity index is 1.52. The van der Waals surface area contributed by atoms with Crippen LogP contribution in [-0.2, 0) is 13.2 Å². The number of hydrogen-bond acceptors (Lipinski definition) is 4. The minimum Gasteiger partial charge on any atom is -0.496 e. The molecule has 0 spiro atoms. The highest BCUT2D eigenvalue weighted by Crippen LogP contribution is 2.34. The summed E-state index contributed by atoms with van der Waals surface area (Å²) in [6.45, 7) is 6.04. The molecule has 0 unspecified atom stereocenters. The topological polar surface area (TPSA) is 51.2 Å². The second kappa shape index (κ2) is 10.8. The average molecular weight is 459 g/mol. The number of urea groups is 1. The molecule has 3 aromatic rings. The lowest BCUT2D eigenvalue weighted by Gasteiger charge is -2.36. The lowest BCUT2D eigenvalue weighted by Crippen LogP contribution is -2.49. The Morgan fingerprint density at radius 1 is 0.912 bits per heavy atom. The van der Waals surface area contributed by atoms with Gasteiger partial charge in [0, 0.05) is 30.4 Å². The van der Waals surface area contributed by atoms with Crippen LogP contribution in [0.25, 0.3) is 6.08 Å². The van der Waals surface area contributed by atoms with Gasteiger partial charge in [-0.15, -0.1) is 0 Å². The molecule has 0 saturated carbocycles. The number of amides is 2. The van der Waals surface area contributed by atoms with Crippen LogP contribution in [0.2, 0.25) is 0 Å². The molecule has 176 valence electrons. The number of methoxy groups -OCH3 is 2. The molecular formula is C28H30N2O4. The van der Waals surface area contributed by atoms with Gasteiger partial charge in [-0.1, -0.05) is 55.1 Å². The quantitative estimate of drug-likeness (QED) is 0.409. The van der Waals surface area contributed by atoms with Crippen molar-refractivity contribution in [2.24, 2.45) is 0 Å². The average Bonchev–Trinajstić information content (AvgIpc) is 2.89. The number of carbonyl (C=O) groups is 1. The Bertz CT molecular complexity index is 1150. The van der Waals surface area contributed by atoms with E-state index in [0.29, 0.717) is 37.7 Å². The Hall–Kier alpha value is -3.93. The van der Waals surface area contributed by atoms with E-state index < -0.39 is 0 Å². The fraction of sp³-hybridized carbons (Fsp3) is 0.250. The Morgan fingerprint density at radius 3 is 2.44 bits per heavy atom. The maximum Gasteiger partial charge on any atom is 0.324 e. The van der Waals surface area contributed by atoms with Gasteiger partial charge in [0.05, 0.1) is 20.8 Å². The van der Waals surface area contributed by atoms with Gasteiger partial charge in [-0.05, 0) is 35.7 Å². The van der Waals surface area contributed by atoms with E-state index in [9.17, 15) is 4.79 Å². The van der Waals surface area contributed by atoms with Gasteiger partial charge in [-0.2, -0.15) is 0 Å². The highest BCUT2D eigenvalue weighted by Gasteiger charge is 2.28. The number of carbonyl (C=O) groups excluding carboxylic acids is 1. The molecule has 6 heteroatoms. The van der Waals surface area contributed by atoms with Gasteiger partial charge in [0.15, 0.2) is 11.5 Å². The van der Waals surface area contributed by atoms with Crippen LogP contribution >= 0.6 is 0 Å². The Morgan fingerprint density at radius 2 is 1.71 bits per heavy atom. The van der Waals surface area contributed by atoms with E-state index in [-0.39, 0.29) is 6.03 Å². The molecule has 0 atom stereocenters. The van der Waals surface area contributed by atoms with Crippen LogP contribution in [0.15, 0.2) is 73.3 Å². The molecule has 1 aliphatic rings. The molecule has 1 fully saturated rings. The van der Waals surface area contributed by atoms with Crippen molar-refractivity contribution in [3.05, 3.63) is 90.0 Å². The van der Waals surface area contributed by atoms with E-state index in [1.165, 1.54) is 0 Å². The van der Waals surface area contributed by atoms with Crippen LogP contribution in [0.4, 0.5) is 10.5 Å². The van der Waals surface area contributed by atoms with Crippen molar-refractivity contribution in [1.29, 1.82) is 0 Å². The first-order valence-electron chi connectivity index (χ1n) is 11.3. The molecule has 0 bridgehead atoms. The molecular weight excluding hydrogens is 428 g/mol. The molecule has 1 heterocycles. The minimum atomic E-state index is -0.0414. The second-order valence-corrected chi connectivity index (χ2v) is 8.09. The summed E-state index contributed by atoms with van der Waals surface area (Å²) in [6, 6.07) is 21.5. The number of anilines is 1. The SMILES string of the molecule is C=Cc1ccc(CN2CCCN(c3ccc(OC)c(OCc4ccccc4)c3)C2=O)c(OC)c1. The molecule has 1 aliphatic heterocycles. The van der Waals surface area contributed by atoms with Crippen LogP contribution in [0.3, 0.4) is 0 Å².